The van der Waals surface area contributed by atoms with Crippen molar-refractivity contribution in [2.24, 2.45) is 11.8 Å². The molecule has 0 spiro atoms. The Labute approximate surface area is 112 Å². The maximum absolute atomic E-state index is 10.8. The SMILES string of the molecule is CCCC(CC)CCC(CC(C)C)OS(=O)(=O)O. The second kappa shape index (κ2) is 8.88. The van der Waals surface area contributed by atoms with E-state index < -0.39 is 16.5 Å². The van der Waals surface area contributed by atoms with Crippen LogP contribution in [0.2, 0.25) is 0 Å². The number of hydrogen-bond donors (Lipinski definition) is 1. The first-order valence-corrected chi connectivity index (χ1v) is 8.30. The van der Waals surface area contributed by atoms with Gasteiger partial charge in [-0.15, -0.1) is 0 Å². The van der Waals surface area contributed by atoms with Crippen LogP contribution in [-0.2, 0) is 14.6 Å². The topological polar surface area (TPSA) is 63.6 Å². The van der Waals surface area contributed by atoms with Crippen molar-refractivity contribution in [3.63, 3.8) is 0 Å². The van der Waals surface area contributed by atoms with Gasteiger partial charge in [0.25, 0.3) is 0 Å². The van der Waals surface area contributed by atoms with Gasteiger partial charge in [0.2, 0.25) is 0 Å². The second-order valence-corrected chi connectivity index (χ2v) is 6.46. The Hall–Kier alpha value is -0.130. The number of hydrogen-bond acceptors (Lipinski definition) is 3. The molecule has 0 saturated carbocycles. The molecule has 1 N–H and O–H groups in total. The van der Waals surface area contributed by atoms with E-state index in [-0.39, 0.29) is 0 Å². The number of rotatable bonds is 10. The summed E-state index contributed by atoms with van der Waals surface area (Å²) < 4.78 is 35.1. The van der Waals surface area contributed by atoms with Crippen molar-refractivity contribution in [1.29, 1.82) is 0 Å². The van der Waals surface area contributed by atoms with E-state index in [1.54, 1.807) is 0 Å². The van der Waals surface area contributed by atoms with Gasteiger partial charge in [0.05, 0.1) is 6.10 Å². The summed E-state index contributed by atoms with van der Waals surface area (Å²) in [7, 11) is -4.34. The fourth-order valence-corrected chi connectivity index (χ4v) is 2.80. The molecule has 0 amide bonds. The largest absolute Gasteiger partial charge is 0.397 e. The minimum Gasteiger partial charge on any atom is -0.264 e. The van der Waals surface area contributed by atoms with E-state index in [0.717, 1.165) is 25.7 Å². The third-order valence-electron chi connectivity index (χ3n) is 3.16. The van der Waals surface area contributed by atoms with Gasteiger partial charge in [-0.05, 0) is 31.1 Å². The van der Waals surface area contributed by atoms with Crippen LogP contribution >= 0.6 is 0 Å². The van der Waals surface area contributed by atoms with Gasteiger partial charge in [-0.3, -0.25) is 4.55 Å². The molecule has 18 heavy (non-hydrogen) atoms. The average molecular weight is 280 g/mol. The molecule has 0 saturated heterocycles. The van der Waals surface area contributed by atoms with Crippen molar-refractivity contribution in [2.75, 3.05) is 0 Å². The van der Waals surface area contributed by atoms with Crippen molar-refractivity contribution >= 4 is 10.4 Å². The predicted molar refractivity (Wildman–Crippen MR) is 73.8 cm³/mol. The maximum Gasteiger partial charge on any atom is 0.397 e. The summed E-state index contributed by atoms with van der Waals surface area (Å²) in [4.78, 5) is 0. The lowest BCUT2D eigenvalue weighted by molar-refractivity contribution is 0.141. The van der Waals surface area contributed by atoms with E-state index in [4.69, 9.17) is 8.74 Å². The molecule has 0 aromatic heterocycles. The van der Waals surface area contributed by atoms with Crippen molar-refractivity contribution < 1.29 is 17.2 Å². The van der Waals surface area contributed by atoms with E-state index in [9.17, 15) is 8.42 Å². The van der Waals surface area contributed by atoms with E-state index in [0.29, 0.717) is 24.7 Å². The summed E-state index contributed by atoms with van der Waals surface area (Å²) >= 11 is 0. The Morgan fingerprint density at radius 1 is 1.11 bits per heavy atom. The maximum atomic E-state index is 10.8. The zero-order valence-corrected chi connectivity index (χ0v) is 12.9. The summed E-state index contributed by atoms with van der Waals surface area (Å²) in [5.74, 6) is 0.970. The van der Waals surface area contributed by atoms with Gasteiger partial charge in [0, 0.05) is 0 Å². The summed E-state index contributed by atoms with van der Waals surface area (Å²) in [6.07, 6.45) is 5.32. The van der Waals surface area contributed by atoms with Crippen LogP contribution in [0.15, 0.2) is 0 Å². The molecule has 0 aromatic rings. The van der Waals surface area contributed by atoms with E-state index >= 15 is 0 Å². The van der Waals surface area contributed by atoms with Crippen LogP contribution in [0, 0.1) is 11.8 Å². The van der Waals surface area contributed by atoms with Crippen LogP contribution < -0.4 is 0 Å². The Balaban J connectivity index is 4.31. The average Bonchev–Trinajstić information content (AvgIpc) is 2.20. The van der Waals surface area contributed by atoms with E-state index in [2.05, 4.69) is 13.8 Å². The molecule has 0 heterocycles. The summed E-state index contributed by atoms with van der Waals surface area (Å²) in [6, 6.07) is 0. The zero-order valence-electron chi connectivity index (χ0n) is 12.1. The van der Waals surface area contributed by atoms with Gasteiger partial charge in [0.15, 0.2) is 0 Å². The van der Waals surface area contributed by atoms with Gasteiger partial charge < -0.3 is 0 Å². The van der Waals surface area contributed by atoms with Crippen molar-refractivity contribution in [2.45, 2.75) is 72.3 Å². The molecule has 0 aliphatic heterocycles. The fraction of sp³-hybridized carbons (Fsp3) is 1.00. The highest BCUT2D eigenvalue weighted by Crippen LogP contribution is 2.22. The Bertz CT molecular complexity index is 298. The molecule has 0 rings (SSSR count). The van der Waals surface area contributed by atoms with Crippen molar-refractivity contribution in [3.8, 4) is 0 Å². The molecule has 0 bridgehead atoms. The highest BCUT2D eigenvalue weighted by atomic mass is 32.3. The molecule has 0 fully saturated rings. The molecular formula is C13H28O4S. The van der Waals surface area contributed by atoms with Crippen LogP contribution in [0.1, 0.15) is 66.2 Å². The van der Waals surface area contributed by atoms with Crippen molar-refractivity contribution in [3.05, 3.63) is 0 Å². The van der Waals surface area contributed by atoms with Crippen LogP contribution in [0.4, 0.5) is 0 Å². The minimum absolute atomic E-state index is 0.350. The molecule has 0 radical (unpaired) electrons. The first-order valence-electron chi connectivity index (χ1n) is 6.94. The standard InChI is InChI=1S/C13H28O4S/c1-5-7-12(6-2)8-9-13(10-11(3)4)17-18(14,15)16/h11-13H,5-10H2,1-4H3,(H,14,15,16). The summed E-state index contributed by atoms with van der Waals surface area (Å²) in [5, 5.41) is 0. The zero-order chi connectivity index (χ0) is 14.2. The second-order valence-electron chi connectivity index (χ2n) is 5.42. The molecule has 4 nitrogen and oxygen atoms in total. The minimum atomic E-state index is -4.34. The Kier molecular flexibility index (Phi) is 8.82. The monoisotopic (exact) mass is 280 g/mol. The molecule has 5 heteroatoms. The first kappa shape index (κ1) is 17.9. The summed E-state index contributed by atoms with van der Waals surface area (Å²) in [5.41, 5.74) is 0. The van der Waals surface area contributed by atoms with E-state index in [1.807, 2.05) is 13.8 Å². The van der Waals surface area contributed by atoms with Gasteiger partial charge in [-0.1, -0.05) is 47.0 Å². The van der Waals surface area contributed by atoms with Gasteiger partial charge in [-0.25, -0.2) is 4.18 Å². The normalized spacial score (nSPS) is 15.9. The summed E-state index contributed by atoms with van der Waals surface area (Å²) in [6.45, 7) is 8.35. The molecule has 2 atom stereocenters. The lowest BCUT2D eigenvalue weighted by Crippen LogP contribution is -2.21. The van der Waals surface area contributed by atoms with Crippen LogP contribution in [0.25, 0.3) is 0 Å². The highest BCUT2D eigenvalue weighted by molar-refractivity contribution is 7.80. The van der Waals surface area contributed by atoms with Gasteiger partial charge >= 0.3 is 10.4 Å². The van der Waals surface area contributed by atoms with Crippen LogP contribution in [-0.4, -0.2) is 19.1 Å². The van der Waals surface area contributed by atoms with Crippen molar-refractivity contribution in [1.82, 2.24) is 0 Å². The van der Waals surface area contributed by atoms with Gasteiger partial charge in [-0.2, -0.15) is 8.42 Å². The quantitative estimate of drug-likeness (QED) is 0.618. The highest BCUT2D eigenvalue weighted by Gasteiger charge is 2.19. The Morgan fingerprint density at radius 2 is 1.72 bits per heavy atom. The molecular weight excluding hydrogens is 252 g/mol. The molecule has 2 unspecified atom stereocenters. The predicted octanol–water partition coefficient (Wildman–Crippen LogP) is 3.83. The van der Waals surface area contributed by atoms with Crippen LogP contribution in [0.5, 0.6) is 0 Å². The molecule has 0 aliphatic carbocycles. The lowest BCUT2D eigenvalue weighted by Gasteiger charge is -2.20. The third-order valence-corrected chi connectivity index (χ3v) is 3.68. The Morgan fingerprint density at radius 3 is 2.11 bits per heavy atom. The molecule has 110 valence electrons. The smallest absolute Gasteiger partial charge is 0.264 e. The third kappa shape index (κ3) is 9.85. The van der Waals surface area contributed by atoms with E-state index in [1.165, 1.54) is 0 Å². The lowest BCUT2D eigenvalue weighted by atomic mass is 9.92. The first-order chi connectivity index (χ1) is 8.28. The molecule has 0 aliphatic rings. The van der Waals surface area contributed by atoms with Gasteiger partial charge in [0.1, 0.15) is 0 Å². The molecule has 0 aromatic carbocycles. The fourth-order valence-electron chi connectivity index (χ4n) is 2.29. The van der Waals surface area contributed by atoms with Crippen LogP contribution in [0.3, 0.4) is 0 Å².